The zero-order valence-corrected chi connectivity index (χ0v) is 14.6. The van der Waals surface area contributed by atoms with Crippen LogP contribution in [0.3, 0.4) is 0 Å². The normalized spacial score (nSPS) is 9.24. The third-order valence-corrected chi connectivity index (χ3v) is 3.63. The molecular formula is C16H36N5+. The van der Waals surface area contributed by atoms with Crippen LogP contribution < -0.4 is 11.5 Å². The first kappa shape index (κ1) is 24.6. The fraction of sp³-hybridized carbons (Fsp3) is 0.875. The lowest BCUT2D eigenvalue weighted by molar-refractivity contribution is -0.927. The Morgan fingerprint density at radius 3 is 1.10 bits per heavy atom. The molecule has 0 spiro atoms. The predicted octanol–water partition coefficient (Wildman–Crippen LogP) is 3.08. The number of hydrogen-bond acceptors (Lipinski definition) is 4. The average molecular weight is 298 g/mol. The monoisotopic (exact) mass is 298 g/mol. The topological polar surface area (TPSA) is 99.6 Å². The van der Waals surface area contributed by atoms with Gasteiger partial charge in [-0.3, -0.25) is 0 Å². The lowest BCUT2D eigenvalue weighted by atomic mass is 10.1. The number of nitrogens with two attached hydrogens (primary N) is 2. The first-order valence-corrected chi connectivity index (χ1v) is 8.12. The molecule has 0 aliphatic carbocycles. The van der Waals surface area contributed by atoms with Gasteiger partial charge in [-0.05, 0) is 26.2 Å². The smallest absolute Gasteiger partial charge is 0.173 e. The van der Waals surface area contributed by atoms with Gasteiger partial charge in [0, 0.05) is 0 Å². The average Bonchev–Trinajstić information content (AvgIpc) is 2.49. The molecule has 0 aromatic rings. The van der Waals surface area contributed by atoms with Crippen molar-refractivity contribution in [2.45, 2.75) is 66.2 Å². The van der Waals surface area contributed by atoms with Gasteiger partial charge >= 0.3 is 0 Å². The van der Waals surface area contributed by atoms with Crippen LogP contribution >= 0.6 is 0 Å². The lowest BCUT2D eigenvalue weighted by Gasteiger charge is -2.38. The molecule has 124 valence electrons. The Morgan fingerprint density at radius 2 is 0.952 bits per heavy atom. The van der Waals surface area contributed by atoms with E-state index in [-0.39, 0.29) is 0 Å². The summed E-state index contributed by atoms with van der Waals surface area (Å²) in [7, 11) is 0. The summed E-state index contributed by atoms with van der Waals surface area (Å²) in [6, 6.07) is 0. The molecule has 0 saturated carbocycles. The number of nitriles is 2. The molecule has 21 heavy (non-hydrogen) atoms. The van der Waals surface area contributed by atoms with Gasteiger partial charge in [-0.1, -0.05) is 40.0 Å². The molecule has 0 radical (unpaired) electrons. The van der Waals surface area contributed by atoms with Gasteiger partial charge < -0.3 is 16.0 Å². The molecule has 4 N–H and O–H groups in total. The molecule has 5 heteroatoms. The van der Waals surface area contributed by atoms with E-state index in [0.29, 0.717) is 0 Å². The molecule has 0 fully saturated rings. The van der Waals surface area contributed by atoms with E-state index in [9.17, 15) is 0 Å². The fourth-order valence-corrected chi connectivity index (χ4v) is 2.29. The van der Waals surface area contributed by atoms with Gasteiger partial charge in [-0.25, -0.2) is 0 Å². The summed E-state index contributed by atoms with van der Waals surface area (Å²) in [5.74, 6) is 0. The maximum atomic E-state index is 7.10. The summed E-state index contributed by atoms with van der Waals surface area (Å²) in [4.78, 5) is 0. The van der Waals surface area contributed by atoms with E-state index < -0.39 is 0 Å². The lowest BCUT2D eigenvalue weighted by Crippen LogP contribution is -2.49. The van der Waals surface area contributed by atoms with E-state index in [4.69, 9.17) is 10.5 Å². The molecule has 0 aliphatic rings. The highest BCUT2D eigenvalue weighted by Crippen LogP contribution is 2.14. The molecule has 0 aromatic heterocycles. The van der Waals surface area contributed by atoms with Crippen molar-refractivity contribution >= 4 is 0 Å². The van der Waals surface area contributed by atoms with Crippen LogP contribution in [-0.4, -0.2) is 30.7 Å². The van der Waals surface area contributed by atoms with E-state index in [2.05, 4.69) is 39.2 Å². The number of nitrogens with zero attached hydrogens (tertiary/aromatic N) is 3. The third kappa shape index (κ3) is 18.5. The Balaban J connectivity index is -0.000000460. The molecule has 0 unspecified atom stereocenters. The number of hydrogen-bond donors (Lipinski definition) is 2. The first-order chi connectivity index (χ1) is 10.1. The maximum Gasteiger partial charge on any atom is 0.173 e. The zero-order chi connectivity index (χ0) is 17.0. The summed E-state index contributed by atoms with van der Waals surface area (Å²) >= 11 is 0. The van der Waals surface area contributed by atoms with E-state index >= 15 is 0 Å². The maximum absolute atomic E-state index is 7.10. The SMILES string of the molecule is CCCC[N+](CC)(CCCC)CCCC.N#CN.N#CN. The van der Waals surface area contributed by atoms with E-state index in [1.165, 1.54) is 81.6 Å². The molecule has 0 amide bonds. The predicted molar refractivity (Wildman–Crippen MR) is 89.7 cm³/mol. The quantitative estimate of drug-likeness (QED) is 0.368. The minimum atomic E-state index is 1.25. The largest absolute Gasteiger partial charge is 0.337 e. The van der Waals surface area contributed by atoms with Gasteiger partial charge in [0.15, 0.2) is 12.4 Å². The summed E-state index contributed by atoms with van der Waals surface area (Å²) in [5, 5.41) is 14.2. The Bertz CT molecular complexity index is 231. The molecule has 0 aliphatic heterocycles. The summed E-state index contributed by atoms with van der Waals surface area (Å²) in [5.41, 5.74) is 8.31. The number of quaternary nitrogens is 1. The van der Waals surface area contributed by atoms with Gasteiger partial charge in [0.25, 0.3) is 0 Å². The van der Waals surface area contributed by atoms with Crippen LogP contribution in [0.4, 0.5) is 0 Å². The van der Waals surface area contributed by atoms with Gasteiger partial charge in [0.05, 0.1) is 26.2 Å². The highest BCUT2D eigenvalue weighted by molar-refractivity contribution is 4.47. The van der Waals surface area contributed by atoms with E-state index in [1.54, 1.807) is 0 Å². The molecule has 0 rings (SSSR count). The summed E-state index contributed by atoms with van der Waals surface area (Å²) < 4.78 is 1.38. The van der Waals surface area contributed by atoms with Crippen LogP contribution in [0, 0.1) is 22.9 Å². The van der Waals surface area contributed by atoms with E-state index in [0.717, 1.165) is 0 Å². The first-order valence-electron chi connectivity index (χ1n) is 8.12. The van der Waals surface area contributed by atoms with Crippen molar-refractivity contribution < 1.29 is 4.48 Å². The second-order valence-corrected chi connectivity index (χ2v) is 5.15. The molecular weight excluding hydrogens is 262 g/mol. The molecule has 0 atom stereocenters. The van der Waals surface area contributed by atoms with Crippen molar-refractivity contribution in [3.63, 3.8) is 0 Å². The van der Waals surface area contributed by atoms with Crippen LogP contribution in [0.2, 0.25) is 0 Å². The van der Waals surface area contributed by atoms with Gasteiger partial charge in [-0.2, -0.15) is 10.5 Å². The highest BCUT2D eigenvalue weighted by atomic mass is 15.3. The Kier molecular flexibility index (Phi) is 24.4. The minimum Gasteiger partial charge on any atom is -0.337 e. The zero-order valence-electron chi connectivity index (χ0n) is 14.6. The molecule has 0 bridgehead atoms. The standard InChI is InChI=1S/C14H32N.2CH2N2/c1-5-9-12-15(8-4,13-10-6-2)14-11-7-3;2*2-1-3/h5-14H2,1-4H3;2*2H2/q+1;;. The van der Waals surface area contributed by atoms with Gasteiger partial charge in [0.1, 0.15) is 0 Å². The Morgan fingerprint density at radius 1 is 0.714 bits per heavy atom. The summed E-state index contributed by atoms with van der Waals surface area (Å²) in [6.07, 6.45) is 10.7. The fourth-order valence-electron chi connectivity index (χ4n) is 2.29. The van der Waals surface area contributed by atoms with Crippen molar-refractivity contribution in [2.75, 3.05) is 26.2 Å². The Labute approximate surface area is 132 Å². The minimum absolute atomic E-state index is 1.25. The molecule has 0 saturated heterocycles. The van der Waals surface area contributed by atoms with Gasteiger partial charge in [-0.15, -0.1) is 0 Å². The van der Waals surface area contributed by atoms with Gasteiger partial charge in [0.2, 0.25) is 0 Å². The molecule has 5 nitrogen and oxygen atoms in total. The van der Waals surface area contributed by atoms with Crippen molar-refractivity contribution in [1.82, 2.24) is 0 Å². The van der Waals surface area contributed by atoms with Crippen LogP contribution in [-0.2, 0) is 0 Å². The van der Waals surface area contributed by atoms with Crippen LogP contribution in [0.15, 0.2) is 0 Å². The van der Waals surface area contributed by atoms with Crippen LogP contribution in [0.25, 0.3) is 0 Å². The highest BCUT2D eigenvalue weighted by Gasteiger charge is 2.22. The number of rotatable bonds is 10. The molecule has 0 heterocycles. The second-order valence-electron chi connectivity index (χ2n) is 5.15. The van der Waals surface area contributed by atoms with Crippen molar-refractivity contribution in [3.8, 4) is 12.4 Å². The molecule has 0 aromatic carbocycles. The van der Waals surface area contributed by atoms with E-state index in [1.807, 2.05) is 0 Å². The van der Waals surface area contributed by atoms with Crippen molar-refractivity contribution in [3.05, 3.63) is 0 Å². The van der Waals surface area contributed by atoms with Crippen molar-refractivity contribution in [2.24, 2.45) is 11.5 Å². The van der Waals surface area contributed by atoms with Crippen molar-refractivity contribution in [1.29, 1.82) is 10.5 Å². The van der Waals surface area contributed by atoms with Crippen LogP contribution in [0.5, 0.6) is 0 Å². The third-order valence-electron chi connectivity index (χ3n) is 3.63. The Hall–Kier alpha value is -1.46. The van der Waals surface area contributed by atoms with Crippen LogP contribution in [0.1, 0.15) is 66.2 Å². The summed E-state index contributed by atoms with van der Waals surface area (Å²) in [6.45, 7) is 14.9. The number of unbranched alkanes of at least 4 members (excludes halogenated alkanes) is 3. The second kappa shape index (κ2) is 20.8.